The monoisotopic (exact) mass is 282 g/mol. The van der Waals surface area contributed by atoms with Crippen molar-refractivity contribution in [3.05, 3.63) is 40.3 Å². The van der Waals surface area contributed by atoms with Gasteiger partial charge in [-0.25, -0.2) is 13.4 Å². The van der Waals surface area contributed by atoms with Crippen LogP contribution in [-0.4, -0.2) is 19.7 Å². The molecule has 96 valence electrons. The van der Waals surface area contributed by atoms with Gasteiger partial charge in [0, 0.05) is 17.3 Å². The Hall–Kier alpha value is -1.40. The molecule has 2 rings (SSSR count). The molecule has 0 aliphatic heterocycles. The summed E-state index contributed by atoms with van der Waals surface area (Å²) in [4.78, 5) is 5.69. The van der Waals surface area contributed by atoms with E-state index in [1.807, 2.05) is 19.2 Å². The summed E-state index contributed by atoms with van der Waals surface area (Å²) in [6.45, 7) is 2.52. The molecule has 1 aromatic heterocycles. The Labute approximate surface area is 111 Å². The second kappa shape index (κ2) is 5.07. The molecule has 0 atom stereocenters. The van der Waals surface area contributed by atoms with Gasteiger partial charge in [-0.3, -0.25) is 0 Å². The van der Waals surface area contributed by atoms with Crippen molar-refractivity contribution in [1.29, 1.82) is 0 Å². The van der Waals surface area contributed by atoms with Crippen LogP contribution in [0, 0.1) is 6.92 Å². The van der Waals surface area contributed by atoms with Gasteiger partial charge in [0.2, 0.25) is 0 Å². The van der Waals surface area contributed by atoms with Gasteiger partial charge < -0.3 is 5.32 Å². The van der Waals surface area contributed by atoms with Gasteiger partial charge in [0.1, 0.15) is 5.01 Å². The fourth-order valence-electron chi connectivity index (χ4n) is 1.59. The number of para-hydroxylation sites is 1. The minimum absolute atomic E-state index is 0.318. The first-order valence-corrected chi connectivity index (χ1v) is 8.12. The normalized spacial score (nSPS) is 11.4. The smallest absolute Gasteiger partial charge is 0.177 e. The molecular weight excluding hydrogens is 268 g/mol. The highest BCUT2D eigenvalue weighted by Gasteiger charge is 2.12. The largest absolute Gasteiger partial charge is 0.377 e. The van der Waals surface area contributed by atoms with Gasteiger partial charge in [0.15, 0.2) is 9.84 Å². The molecule has 0 amide bonds. The molecule has 1 N–H and O–H groups in total. The number of benzene rings is 1. The molecule has 0 spiro atoms. The molecule has 0 saturated carbocycles. The molecule has 0 aliphatic carbocycles. The number of thiazole rings is 1. The van der Waals surface area contributed by atoms with Gasteiger partial charge in [0.05, 0.1) is 17.1 Å². The van der Waals surface area contributed by atoms with E-state index in [9.17, 15) is 8.42 Å². The van der Waals surface area contributed by atoms with Crippen LogP contribution in [0.5, 0.6) is 0 Å². The van der Waals surface area contributed by atoms with Crippen molar-refractivity contribution < 1.29 is 8.42 Å². The molecule has 0 aliphatic rings. The van der Waals surface area contributed by atoms with Gasteiger partial charge in [-0.2, -0.15) is 0 Å². The first-order chi connectivity index (χ1) is 8.47. The van der Waals surface area contributed by atoms with Crippen LogP contribution >= 0.6 is 11.3 Å². The number of aromatic nitrogens is 1. The van der Waals surface area contributed by atoms with Crippen molar-refractivity contribution in [2.75, 3.05) is 11.6 Å². The van der Waals surface area contributed by atoms with Crippen LogP contribution in [0.2, 0.25) is 0 Å². The molecule has 4 nitrogen and oxygen atoms in total. The molecule has 0 unspecified atom stereocenters. The van der Waals surface area contributed by atoms with Crippen LogP contribution in [0.3, 0.4) is 0 Å². The molecule has 18 heavy (non-hydrogen) atoms. The quantitative estimate of drug-likeness (QED) is 0.936. The summed E-state index contributed by atoms with van der Waals surface area (Å²) < 4.78 is 23.2. The maximum atomic E-state index is 11.6. The Morgan fingerprint density at radius 2 is 2.06 bits per heavy atom. The minimum atomic E-state index is -3.21. The SMILES string of the molecule is Cc1cnc(CNc2ccccc2S(C)(=O)=O)s1. The third-order valence-corrected chi connectivity index (χ3v) is 4.45. The summed E-state index contributed by atoms with van der Waals surface area (Å²) in [5, 5.41) is 4.06. The van der Waals surface area contributed by atoms with Crippen molar-refractivity contribution >= 4 is 26.9 Å². The van der Waals surface area contributed by atoms with E-state index in [1.54, 1.807) is 29.5 Å². The Kier molecular flexibility index (Phi) is 3.68. The second-order valence-corrected chi connectivity index (χ2v) is 7.29. The minimum Gasteiger partial charge on any atom is -0.377 e. The van der Waals surface area contributed by atoms with Gasteiger partial charge >= 0.3 is 0 Å². The first-order valence-electron chi connectivity index (χ1n) is 5.41. The average molecular weight is 282 g/mol. The first kappa shape index (κ1) is 13.0. The lowest BCUT2D eigenvalue weighted by Crippen LogP contribution is -2.05. The lowest BCUT2D eigenvalue weighted by molar-refractivity contribution is 0.602. The Morgan fingerprint density at radius 3 is 2.67 bits per heavy atom. The number of rotatable bonds is 4. The number of anilines is 1. The number of aryl methyl sites for hydroxylation is 1. The van der Waals surface area contributed by atoms with E-state index in [4.69, 9.17) is 0 Å². The van der Waals surface area contributed by atoms with E-state index in [-0.39, 0.29) is 0 Å². The lowest BCUT2D eigenvalue weighted by atomic mass is 10.3. The van der Waals surface area contributed by atoms with Crippen molar-refractivity contribution in [3.63, 3.8) is 0 Å². The van der Waals surface area contributed by atoms with Crippen LogP contribution in [-0.2, 0) is 16.4 Å². The number of hydrogen-bond acceptors (Lipinski definition) is 5. The van der Waals surface area contributed by atoms with E-state index in [0.29, 0.717) is 17.1 Å². The highest BCUT2D eigenvalue weighted by Crippen LogP contribution is 2.22. The standard InChI is InChI=1S/C12H14N2O2S2/c1-9-7-14-12(17-9)8-13-10-5-3-4-6-11(10)18(2,15)16/h3-7,13H,8H2,1-2H3. The number of nitrogens with zero attached hydrogens (tertiary/aromatic N) is 1. The van der Waals surface area contributed by atoms with Gasteiger partial charge in [-0.05, 0) is 19.1 Å². The highest BCUT2D eigenvalue weighted by atomic mass is 32.2. The summed E-state index contributed by atoms with van der Waals surface area (Å²) in [5.41, 5.74) is 0.618. The zero-order chi connectivity index (χ0) is 13.2. The van der Waals surface area contributed by atoms with Crippen molar-refractivity contribution in [1.82, 2.24) is 4.98 Å². The summed E-state index contributed by atoms with van der Waals surface area (Å²) in [7, 11) is -3.21. The molecule has 2 aromatic rings. The molecule has 1 heterocycles. The number of sulfone groups is 1. The summed E-state index contributed by atoms with van der Waals surface area (Å²) >= 11 is 1.60. The van der Waals surface area contributed by atoms with Gasteiger partial charge in [-0.1, -0.05) is 12.1 Å². The molecule has 6 heteroatoms. The number of hydrogen-bond donors (Lipinski definition) is 1. The maximum Gasteiger partial charge on any atom is 0.177 e. The Bertz CT molecular complexity index is 648. The molecule has 0 bridgehead atoms. The van der Waals surface area contributed by atoms with Crippen molar-refractivity contribution in [2.45, 2.75) is 18.4 Å². The molecule has 1 aromatic carbocycles. The van der Waals surface area contributed by atoms with Gasteiger partial charge in [0.25, 0.3) is 0 Å². The predicted molar refractivity (Wildman–Crippen MR) is 73.7 cm³/mol. The Balaban J connectivity index is 2.20. The lowest BCUT2D eigenvalue weighted by Gasteiger charge is -2.09. The molecule has 0 radical (unpaired) electrons. The van der Waals surface area contributed by atoms with Crippen molar-refractivity contribution in [3.8, 4) is 0 Å². The van der Waals surface area contributed by atoms with Crippen LogP contribution in [0.25, 0.3) is 0 Å². The third-order valence-electron chi connectivity index (χ3n) is 2.39. The van der Waals surface area contributed by atoms with Crippen LogP contribution < -0.4 is 5.32 Å². The van der Waals surface area contributed by atoms with Crippen LogP contribution in [0.1, 0.15) is 9.88 Å². The summed E-state index contributed by atoms with van der Waals surface area (Å²) in [6, 6.07) is 6.89. The van der Waals surface area contributed by atoms with Crippen LogP contribution in [0.4, 0.5) is 5.69 Å². The second-order valence-electron chi connectivity index (χ2n) is 3.99. The molecule has 0 saturated heterocycles. The maximum absolute atomic E-state index is 11.6. The predicted octanol–water partition coefficient (Wildman–Crippen LogP) is 2.47. The Morgan fingerprint density at radius 1 is 1.33 bits per heavy atom. The third kappa shape index (κ3) is 3.08. The summed E-state index contributed by atoms with van der Waals surface area (Å²) in [6.07, 6.45) is 3.02. The van der Waals surface area contributed by atoms with E-state index < -0.39 is 9.84 Å². The zero-order valence-electron chi connectivity index (χ0n) is 10.2. The van der Waals surface area contributed by atoms with Crippen LogP contribution in [0.15, 0.2) is 35.4 Å². The average Bonchev–Trinajstić information content (AvgIpc) is 2.72. The summed E-state index contributed by atoms with van der Waals surface area (Å²) in [5.74, 6) is 0. The van der Waals surface area contributed by atoms with E-state index in [1.165, 1.54) is 6.26 Å². The fraction of sp³-hybridized carbons (Fsp3) is 0.250. The highest BCUT2D eigenvalue weighted by molar-refractivity contribution is 7.90. The van der Waals surface area contributed by atoms with Gasteiger partial charge in [-0.15, -0.1) is 11.3 Å². The van der Waals surface area contributed by atoms with E-state index >= 15 is 0 Å². The topological polar surface area (TPSA) is 59.1 Å². The number of nitrogens with one attached hydrogen (secondary N) is 1. The molecule has 0 fully saturated rings. The van der Waals surface area contributed by atoms with Crippen molar-refractivity contribution in [2.24, 2.45) is 0 Å². The zero-order valence-corrected chi connectivity index (χ0v) is 11.8. The van der Waals surface area contributed by atoms with E-state index in [0.717, 1.165) is 9.88 Å². The fourth-order valence-corrected chi connectivity index (χ4v) is 3.18. The molecular formula is C12H14N2O2S2. The van der Waals surface area contributed by atoms with E-state index in [2.05, 4.69) is 10.3 Å².